The molecule has 2 fully saturated rings. The van der Waals surface area contributed by atoms with Crippen LogP contribution < -0.4 is 5.32 Å². The highest BCUT2D eigenvalue weighted by Crippen LogP contribution is 2.44. The summed E-state index contributed by atoms with van der Waals surface area (Å²) >= 11 is 0. The molecule has 2 bridgehead atoms. The molecular weight excluding hydrogens is 158 g/mol. The molecule has 0 amide bonds. The molecule has 2 aliphatic carbocycles. The maximum Gasteiger partial charge on any atom is 0.0140 e. The second-order valence-corrected chi connectivity index (χ2v) is 4.97. The Bertz CT molecular complexity index is 203. The lowest BCUT2D eigenvalue weighted by Gasteiger charge is -2.22. The Hall–Kier alpha value is -0.300. The van der Waals surface area contributed by atoms with E-state index in [9.17, 15) is 0 Å². The number of nitrogens with one attached hydrogen (secondary N) is 1. The van der Waals surface area contributed by atoms with Crippen molar-refractivity contribution in [3.63, 3.8) is 0 Å². The Morgan fingerprint density at radius 1 is 1.31 bits per heavy atom. The first-order valence-electron chi connectivity index (χ1n) is 5.62. The summed E-state index contributed by atoms with van der Waals surface area (Å²) in [5, 5.41) is 3.67. The first kappa shape index (κ1) is 9.26. The largest absolute Gasteiger partial charge is 0.310 e. The fraction of sp³-hybridized carbons (Fsp3) is 0.833. The van der Waals surface area contributed by atoms with Gasteiger partial charge in [0.25, 0.3) is 0 Å². The molecule has 2 saturated carbocycles. The third-order valence-corrected chi connectivity index (χ3v) is 3.63. The summed E-state index contributed by atoms with van der Waals surface area (Å²) in [6.45, 7) is 5.42. The van der Waals surface area contributed by atoms with E-state index in [1.807, 2.05) is 0 Å². The van der Waals surface area contributed by atoms with Gasteiger partial charge >= 0.3 is 0 Å². The van der Waals surface area contributed by atoms with Gasteiger partial charge in [0.1, 0.15) is 0 Å². The van der Waals surface area contributed by atoms with Gasteiger partial charge in [-0.2, -0.15) is 0 Å². The Balaban J connectivity index is 1.74. The third kappa shape index (κ3) is 2.14. The summed E-state index contributed by atoms with van der Waals surface area (Å²) in [5.74, 6) is 2.07. The summed E-state index contributed by atoms with van der Waals surface area (Å²) in [5.41, 5.74) is 1.43. The van der Waals surface area contributed by atoms with Crippen molar-refractivity contribution in [2.24, 2.45) is 11.8 Å². The molecule has 1 heteroatoms. The molecule has 0 aromatic heterocycles. The van der Waals surface area contributed by atoms with Crippen molar-refractivity contribution in [3.8, 4) is 0 Å². The topological polar surface area (TPSA) is 12.0 Å². The Kier molecular flexibility index (Phi) is 2.73. The van der Waals surface area contributed by atoms with E-state index in [4.69, 9.17) is 0 Å². The average molecular weight is 179 g/mol. The van der Waals surface area contributed by atoms with Gasteiger partial charge in [0.15, 0.2) is 0 Å². The fourth-order valence-corrected chi connectivity index (χ4v) is 2.91. The minimum Gasteiger partial charge on any atom is -0.310 e. The third-order valence-electron chi connectivity index (χ3n) is 3.63. The summed E-state index contributed by atoms with van der Waals surface area (Å²) < 4.78 is 0. The predicted molar refractivity (Wildman–Crippen MR) is 56.7 cm³/mol. The number of allylic oxidation sites excluding steroid dienone is 1. The molecule has 0 aromatic carbocycles. The van der Waals surface area contributed by atoms with Crippen LogP contribution in [-0.4, -0.2) is 12.6 Å². The smallest absolute Gasteiger partial charge is 0.0140 e. The van der Waals surface area contributed by atoms with Crippen LogP contribution in [-0.2, 0) is 0 Å². The normalized spacial score (nSPS) is 36.6. The second-order valence-electron chi connectivity index (χ2n) is 4.97. The van der Waals surface area contributed by atoms with E-state index < -0.39 is 0 Å². The quantitative estimate of drug-likeness (QED) is 0.657. The highest BCUT2D eigenvalue weighted by molar-refractivity contribution is 4.98. The van der Waals surface area contributed by atoms with E-state index in [2.05, 4.69) is 25.2 Å². The summed E-state index contributed by atoms with van der Waals surface area (Å²) in [4.78, 5) is 0. The highest BCUT2D eigenvalue weighted by atomic mass is 14.9. The van der Waals surface area contributed by atoms with Crippen molar-refractivity contribution < 1.29 is 0 Å². The number of rotatable bonds is 3. The van der Waals surface area contributed by atoms with Crippen LogP contribution in [0.2, 0.25) is 0 Å². The molecule has 2 rings (SSSR count). The molecule has 13 heavy (non-hydrogen) atoms. The molecule has 0 aliphatic heterocycles. The highest BCUT2D eigenvalue weighted by Gasteiger charge is 2.38. The van der Waals surface area contributed by atoms with E-state index in [1.54, 1.807) is 0 Å². The van der Waals surface area contributed by atoms with Gasteiger partial charge in [-0.25, -0.2) is 0 Å². The lowest BCUT2D eigenvalue weighted by Crippen LogP contribution is -2.33. The SMILES string of the molecule is CC(C)=CCNC1CC2CCC1C2. The molecule has 2 aliphatic rings. The van der Waals surface area contributed by atoms with E-state index >= 15 is 0 Å². The summed E-state index contributed by atoms with van der Waals surface area (Å²) in [6, 6.07) is 0.842. The van der Waals surface area contributed by atoms with E-state index in [-0.39, 0.29) is 0 Å². The zero-order chi connectivity index (χ0) is 9.26. The number of hydrogen-bond acceptors (Lipinski definition) is 1. The fourth-order valence-electron chi connectivity index (χ4n) is 2.91. The van der Waals surface area contributed by atoms with Crippen LogP contribution in [0.25, 0.3) is 0 Å². The van der Waals surface area contributed by atoms with Crippen LogP contribution in [0.15, 0.2) is 11.6 Å². The van der Waals surface area contributed by atoms with Gasteiger partial charge in [0, 0.05) is 12.6 Å². The Labute approximate surface area is 81.6 Å². The average Bonchev–Trinajstić information content (AvgIpc) is 2.64. The maximum atomic E-state index is 3.67. The second kappa shape index (κ2) is 3.83. The van der Waals surface area contributed by atoms with Gasteiger partial charge in [-0.3, -0.25) is 0 Å². The van der Waals surface area contributed by atoms with Crippen LogP contribution in [0.5, 0.6) is 0 Å². The molecule has 3 unspecified atom stereocenters. The lowest BCUT2D eigenvalue weighted by atomic mass is 9.95. The van der Waals surface area contributed by atoms with Crippen molar-refractivity contribution in [1.29, 1.82) is 0 Å². The van der Waals surface area contributed by atoms with Crippen molar-refractivity contribution in [2.75, 3.05) is 6.54 Å². The predicted octanol–water partition coefficient (Wildman–Crippen LogP) is 2.73. The molecule has 0 heterocycles. The standard InChI is InChI=1S/C12H21N/c1-9(2)5-6-13-12-8-10-3-4-11(12)7-10/h5,10-13H,3-4,6-8H2,1-2H3. The van der Waals surface area contributed by atoms with Gasteiger partial charge < -0.3 is 5.32 Å². The molecule has 74 valence electrons. The first-order chi connectivity index (χ1) is 6.25. The van der Waals surface area contributed by atoms with Crippen molar-refractivity contribution >= 4 is 0 Å². The molecule has 3 atom stereocenters. The van der Waals surface area contributed by atoms with E-state index in [1.165, 1.54) is 31.3 Å². The molecule has 0 spiro atoms. The minimum atomic E-state index is 0.842. The zero-order valence-corrected chi connectivity index (χ0v) is 8.84. The van der Waals surface area contributed by atoms with Gasteiger partial charge in [0.2, 0.25) is 0 Å². The van der Waals surface area contributed by atoms with Crippen molar-refractivity contribution in [3.05, 3.63) is 11.6 Å². The number of fused-ring (bicyclic) bond motifs is 2. The van der Waals surface area contributed by atoms with Crippen LogP contribution >= 0.6 is 0 Å². The maximum absolute atomic E-state index is 3.67. The monoisotopic (exact) mass is 179 g/mol. The first-order valence-corrected chi connectivity index (χ1v) is 5.62. The van der Waals surface area contributed by atoms with Gasteiger partial charge in [-0.1, -0.05) is 18.1 Å². The Morgan fingerprint density at radius 3 is 2.69 bits per heavy atom. The van der Waals surface area contributed by atoms with E-state index in [0.717, 1.165) is 24.4 Å². The summed E-state index contributed by atoms with van der Waals surface area (Å²) in [6.07, 6.45) is 8.24. The van der Waals surface area contributed by atoms with E-state index in [0.29, 0.717) is 0 Å². The van der Waals surface area contributed by atoms with Crippen molar-refractivity contribution in [1.82, 2.24) is 5.32 Å². The van der Waals surface area contributed by atoms with Gasteiger partial charge in [-0.15, -0.1) is 0 Å². The van der Waals surface area contributed by atoms with Crippen LogP contribution in [0.1, 0.15) is 39.5 Å². The molecular formula is C12H21N. The summed E-state index contributed by atoms with van der Waals surface area (Å²) in [7, 11) is 0. The molecule has 1 nitrogen and oxygen atoms in total. The van der Waals surface area contributed by atoms with Crippen LogP contribution in [0.4, 0.5) is 0 Å². The lowest BCUT2D eigenvalue weighted by molar-refractivity contribution is 0.362. The number of hydrogen-bond donors (Lipinski definition) is 1. The molecule has 1 N–H and O–H groups in total. The molecule has 0 aromatic rings. The minimum absolute atomic E-state index is 0.842. The van der Waals surface area contributed by atoms with Crippen molar-refractivity contribution in [2.45, 2.75) is 45.6 Å². The zero-order valence-electron chi connectivity index (χ0n) is 8.84. The Morgan fingerprint density at radius 2 is 2.15 bits per heavy atom. The molecule has 0 radical (unpaired) electrons. The van der Waals surface area contributed by atoms with Crippen LogP contribution in [0, 0.1) is 11.8 Å². The van der Waals surface area contributed by atoms with Crippen LogP contribution in [0.3, 0.4) is 0 Å². The van der Waals surface area contributed by atoms with Gasteiger partial charge in [-0.05, 0) is 44.9 Å². The molecule has 0 saturated heterocycles. The van der Waals surface area contributed by atoms with Gasteiger partial charge in [0.05, 0.1) is 0 Å².